The van der Waals surface area contributed by atoms with Gasteiger partial charge in [-0.2, -0.15) is 0 Å². The molecule has 3 aliphatic rings. The van der Waals surface area contributed by atoms with Crippen LogP contribution in [0.15, 0.2) is 30.3 Å². The molecule has 4 atom stereocenters. The summed E-state index contributed by atoms with van der Waals surface area (Å²) in [6.45, 7) is 1.41. The average molecular weight is 545 g/mol. The maximum atomic E-state index is 15.7. The number of alkyl halides is 1. The molecule has 5 rings (SSSR count). The fourth-order valence-electron chi connectivity index (χ4n) is 5.27. The van der Waals surface area contributed by atoms with Crippen LogP contribution >= 0.6 is 0 Å². The highest BCUT2D eigenvalue weighted by molar-refractivity contribution is 7.89. The summed E-state index contributed by atoms with van der Waals surface area (Å²) in [5.74, 6) is -4.19. The molecule has 1 aliphatic carbocycles. The Labute approximate surface area is 210 Å². The monoisotopic (exact) mass is 544 g/mol. The van der Waals surface area contributed by atoms with Gasteiger partial charge in [-0.25, -0.2) is 35.1 Å². The van der Waals surface area contributed by atoms with Crippen LogP contribution in [0, 0.1) is 28.7 Å². The summed E-state index contributed by atoms with van der Waals surface area (Å²) < 4.78 is 104. The Morgan fingerprint density at radius 2 is 1.73 bits per heavy atom. The zero-order valence-corrected chi connectivity index (χ0v) is 20.6. The number of nitrogens with one attached hydrogen (secondary N) is 1. The van der Waals surface area contributed by atoms with Gasteiger partial charge in [-0.1, -0.05) is 0 Å². The quantitative estimate of drug-likeness (QED) is 0.538. The first kappa shape index (κ1) is 26.1. The molecule has 1 spiro atoms. The van der Waals surface area contributed by atoms with Gasteiger partial charge in [0.15, 0.2) is 0 Å². The standard InChI is InChI=1S/C25H25F5N2O4S/c1-13(26)37(34,35)31-23-20(32(12-25(23)3-4-25)24(33)21-2-5-36-21)9-15-8-18(29)11-19(22(15)30)14-6-16(27)10-17(28)7-14/h6-8,10-11,13,20-21,23,31H,2-5,9,12H2,1H3/t13-,20+,21-,23-/m1/s1. The Bertz CT molecular complexity index is 1320. The third kappa shape index (κ3) is 4.86. The minimum atomic E-state index is -4.41. The van der Waals surface area contributed by atoms with Gasteiger partial charge in [0.1, 0.15) is 29.4 Å². The molecule has 6 nitrogen and oxygen atoms in total. The molecular weight excluding hydrogens is 519 g/mol. The lowest BCUT2D eigenvalue weighted by Gasteiger charge is -2.34. The molecule has 37 heavy (non-hydrogen) atoms. The molecule has 1 saturated carbocycles. The van der Waals surface area contributed by atoms with Gasteiger partial charge >= 0.3 is 0 Å². The van der Waals surface area contributed by atoms with Gasteiger partial charge in [0.25, 0.3) is 5.91 Å². The van der Waals surface area contributed by atoms with E-state index in [1.807, 2.05) is 0 Å². The van der Waals surface area contributed by atoms with Crippen LogP contribution in [0.5, 0.6) is 0 Å². The fourth-order valence-corrected chi connectivity index (χ4v) is 6.22. The van der Waals surface area contributed by atoms with Crippen LogP contribution in [0.1, 0.15) is 31.7 Å². The van der Waals surface area contributed by atoms with Gasteiger partial charge in [-0.05, 0) is 61.6 Å². The second-order valence-electron chi connectivity index (χ2n) is 10.0. The van der Waals surface area contributed by atoms with Crippen LogP contribution in [0.2, 0.25) is 0 Å². The minimum absolute atomic E-state index is 0.156. The molecule has 2 saturated heterocycles. The van der Waals surface area contributed by atoms with E-state index in [0.717, 1.165) is 31.2 Å². The number of halogens is 5. The van der Waals surface area contributed by atoms with Crippen LogP contribution in [0.4, 0.5) is 22.0 Å². The van der Waals surface area contributed by atoms with Crippen LogP contribution < -0.4 is 4.72 Å². The van der Waals surface area contributed by atoms with Gasteiger partial charge in [-0.15, -0.1) is 0 Å². The zero-order valence-electron chi connectivity index (χ0n) is 19.8. The van der Waals surface area contributed by atoms with Crippen LogP contribution in [-0.2, 0) is 26.0 Å². The summed E-state index contributed by atoms with van der Waals surface area (Å²) in [7, 11) is -4.41. The summed E-state index contributed by atoms with van der Waals surface area (Å²) in [5.41, 5.74) is -3.72. The molecule has 0 radical (unpaired) electrons. The smallest absolute Gasteiger partial charge is 0.252 e. The first-order valence-electron chi connectivity index (χ1n) is 11.9. The topological polar surface area (TPSA) is 75.7 Å². The van der Waals surface area contributed by atoms with Crippen molar-refractivity contribution in [3.8, 4) is 11.1 Å². The molecule has 0 bridgehead atoms. The first-order chi connectivity index (χ1) is 17.4. The largest absolute Gasteiger partial charge is 0.368 e. The summed E-state index contributed by atoms with van der Waals surface area (Å²) in [5, 5.41) is 0. The van der Waals surface area contributed by atoms with Gasteiger partial charge < -0.3 is 9.64 Å². The molecule has 1 N–H and O–H groups in total. The highest BCUT2D eigenvalue weighted by atomic mass is 32.2. The number of nitrogens with zero attached hydrogens (tertiary/aromatic N) is 1. The molecule has 200 valence electrons. The summed E-state index contributed by atoms with van der Waals surface area (Å²) in [4.78, 5) is 14.6. The van der Waals surface area contributed by atoms with Crippen molar-refractivity contribution >= 4 is 15.9 Å². The molecule has 3 fully saturated rings. The maximum absolute atomic E-state index is 15.7. The Morgan fingerprint density at radius 3 is 2.27 bits per heavy atom. The second kappa shape index (κ2) is 9.32. The number of benzene rings is 2. The van der Waals surface area contributed by atoms with E-state index < -0.39 is 68.3 Å². The van der Waals surface area contributed by atoms with Crippen molar-refractivity contribution < 1.29 is 39.9 Å². The summed E-state index contributed by atoms with van der Waals surface area (Å²) in [6, 6.07) is 2.12. The number of rotatable bonds is 7. The molecular formula is C25H25F5N2O4S. The normalized spacial score (nSPS) is 25.2. The number of likely N-dealkylation sites (tertiary alicyclic amines) is 1. The highest BCUT2D eigenvalue weighted by Crippen LogP contribution is 2.56. The van der Waals surface area contributed by atoms with E-state index in [2.05, 4.69) is 4.72 Å². The summed E-state index contributed by atoms with van der Waals surface area (Å²) >= 11 is 0. The van der Waals surface area contributed by atoms with Crippen LogP contribution in [0.25, 0.3) is 11.1 Å². The Kier molecular flexibility index (Phi) is 6.56. The Balaban J connectivity index is 1.55. The van der Waals surface area contributed by atoms with Crippen molar-refractivity contribution in [1.82, 2.24) is 9.62 Å². The molecule has 2 aromatic carbocycles. The van der Waals surface area contributed by atoms with E-state index in [1.54, 1.807) is 0 Å². The van der Waals surface area contributed by atoms with Crippen molar-refractivity contribution in [1.29, 1.82) is 0 Å². The van der Waals surface area contributed by atoms with E-state index in [-0.39, 0.29) is 29.7 Å². The number of hydrogen-bond acceptors (Lipinski definition) is 4. The fraction of sp³-hybridized carbons (Fsp3) is 0.480. The number of carbonyl (C=O) groups is 1. The Hall–Kier alpha value is -2.57. The highest BCUT2D eigenvalue weighted by Gasteiger charge is 2.62. The van der Waals surface area contributed by atoms with E-state index in [1.165, 1.54) is 4.90 Å². The number of ether oxygens (including phenoxy) is 1. The van der Waals surface area contributed by atoms with Crippen molar-refractivity contribution in [2.45, 2.75) is 56.3 Å². The minimum Gasteiger partial charge on any atom is -0.368 e. The van der Waals surface area contributed by atoms with Gasteiger partial charge in [0.05, 0.1) is 12.6 Å². The van der Waals surface area contributed by atoms with Gasteiger partial charge in [0, 0.05) is 36.1 Å². The molecule has 2 heterocycles. The molecule has 2 aromatic rings. The second-order valence-corrected chi connectivity index (χ2v) is 12.0. The van der Waals surface area contributed by atoms with E-state index in [0.29, 0.717) is 31.9 Å². The molecule has 12 heteroatoms. The van der Waals surface area contributed by atoms with E-state index in [9.17, 15) is 30.8 Å². The predicted octanol–water partition coefficient (Wildman–Crippen LogP) is 3.84. The van der Waals surface area contributed by atoms with Gasteiger partial charge in [-0.3, -0.25) is 4.79 Å². The Morgan fingerprint density at radius 1 is 1.11 bits per heavy atom. The number of sulfonamides is 1. The number of amides is 1. The molecule has 2 aliphatic heterocycles. The lowest BCUT2D eigenvalue weighted by Crippen LogP contribution is -2.53. The van der Waals surface area contributed by atoms with Crippen molar-refractivity contribution in [3.63, 3.8) is 0 Å². The molecule has 1 amide bonds. The van der Waals surface area contributed by atoms with Crippen molar-refractivity contribution in [2.75, 3.05) is 13.2 Å². The summed E-state index contributed by atoms with van der Waals surface area (Å²) in [6.07, 6.45) is 0.550. The lowest BCUT2D eigenvalue weighted by molar-refractivity contribution is -0.157. The zero-order chi connectivity index (χ0) is 26.7. The predicted molar refractivity (Wildman–Crippen MR) is 123 cm³/mol. The van der Waals surface area contributed by atoms with Crippen molar-refractivity contribution in [3.05, 3.63) is 59.2 Å². The SMILES string of the molecule is C[C@H](F)S(=O)(=O)N[C@@H]1[C@H](Cc2cc(F)cc(-c3cc(F)cc(F)c3)c2F)N(C(=O)[C@H]2CCO2)CC12CC2. The first-order valence-corrected chi connectivity index (χ1v) is 13.5. The number of hydrogen-bond donors (Lipinski definition) is 1. The van der Waals surface area contributed by atoms with E-state index in [4.69, 9.17) is 4.74 Å². The van der Waals surface area contributed by atoms with Crippen LogP contribution in [-0.4, -0.2) is 56.1 Å². The van der Waals surface area contributed by atoms with Crippen molar-refractivity contribution in [2.24, 2.45) is 5.41 Å². The third-order valence-corrected chi connectivity index (χ3v) is 8.95. The number of carbonyl (C=O) groups excluding carboxylic acids is 1. The average Bonchev–Trinajstić information content (AvgIpc) is 3.49. The van der Waals surface area contributed by atoms with E-state index >= 15 is 4.39 Å². The van der Waals surface area contributed by atoms with Crippen LogP contribution in [0.3, 0.4) is 0 Å². The third-order valence-electron chi connectivity index (χ3n) is 7.51. The maximum Gasteiger partial charge on any atom is 0.252 e. The molecule has 0 unspecified atom stereocenters. The lowest BCUT2D eigenvalue weighted by atomic mass is 9.91. The molecule has 0 aromatic heterocycles. The van der Waals surface area contributed by atoms with Gasteiger partial charge in [0.2, 0.25) is 15.5 Å².